The van der Waals surface area contributed by atoms with Crippen molar-refractivity contribution in [1.29, 1.82) is 0 Å². The molecule has 0 unspecified atom stereocenters. The van der Waals surface area contributed by atoms with Gasteiger partial charge >= 0.3 is 6.18 Å². The molecule has 0 atom stereocenters. The Labute approximate surface area is 80.5 Å². The minimum atomic E-state index is -4.13. The van der Waals surface area contributed by atoms with Crippen LogP contribution < -0.4 is 0 Å². The van der Waals surface area contributed by atoms with Crippen LogP contribution in [-0.2, 0) is 11.3 Å². The molecule has 14 heavy (non-hydrogen) atoms. The fourth-order valence-corrected chi connectivity index (χ4v) is 0.952. The van der Waals surface area contributed by atoms with Crippen LogP contribution in [0.5, 0.6) is 0 Å². The first-order chi connectivity index (χ1) is 6.58. The van der Waals surface area contributed by atoms with E-state index in [0.29, 0.717) is 0 Å². The van der Waals surface area contributed by atoms with E-state index in [1.54, 1.807) is 0 Å². The molecule has 0 aliphatic carbocycles. The predicted molar refractivity (Wildman–Crippen MR) is 46.8 cm³/mol. The summed E-state index contributed by atoms with van der Waals surface area (Å²) in [4.78, 5) is 0. The molecule has 0 saturated carbocycles. The summed E-state index contributed by atoms with van der Waals surface area (Å²) in [6.07, 6.45) is -5.02. The summed E-state index contributed by atoms with van der Waals surface area (Å²) in [5, 5.41) is 0. The van der Waals surface area contributed by atoms with Gasteiger partial charge in [0, 0.05) is 0 Å². The Kier molecular flexibility index (Phi) is 3.95. The van der Waals surface area contributed by atoms with Crippen LogP contribution in [0.15, 0.2) is 30.3 Å². The highest BCUT2D eigenvalue weighted by Gasteiger charge is 2.26. The van der Waals surface area contributed by atoms with Crippen LogP contribution in [0, 0.1) is 0 Å². The van der Waals surface area contributed by atoms with Crippen LogP contribution >= 0.6 is 0 Å². The number of halogens is 3. The van der Waals surface area contributed by atoms with Crippen LogP contribution in [-0.4, -0.2) is 12.8 Å². The number of ether oxygens (including phenoxy) is 1. The number of hydrogen-bond acceptors (Lipinski definition) is 1. The second-order valence-electron chi connectivity index (χ2n) is 2.90. The van der Waals surface area contributed by atoms with Crippen molar-refractivity contribution in [3.05, 3.63) is 35.9 Å². The highest BCUT2D eigenvalue weighted by Crippen LogP contribution is 2.19. The molecule has 0 amide bonds. The van der Waals surface area contributed by atoms with Crippen molar-refractivity contribution in [3.63, 3.8) is 0 Å². The Morgan fingerprint density at radius 3 is 2.29 bits per heavy atom. The molecular formula is C10H11F3O. The first kappa shape index (κ1) is 11.0. The van der Waals surface area contributed by atoms with E-state index in [4.69, 9.17) is 4.74 Å². The van der Waals surface area contributed by atoms with Gasteiger partial charge in [0.25, 0.3) is 0 Å². The van der Waals surface area contributed by atoms with Crippen molar-refractivity contribution >= 4 is 0 Å². The molecule has 78 valence electrons. The van der Waals surface area contributed by atoms with Crippen LogP contribution in [0.3, 0.4) is 0 Å². The fourth-order valence-electron chi connectivity index (χ4n) is 0.952. The summed E-state index contributed by atoms with van der Waals surface area (Å²) in [6, 6.07) is 9.12. The Bertz CT molecular complexity index is 256. The van der Waals surface area contributed by atoms with Crippen LogP contribution in [0.1, 0.15) is 12.0 Å². The first-order valence-corrected chi connectivity index (χ1v) is 4.26. The lowest BCUT2D eigenvalue weighted by Crippen LogP contribution is -2.11. The molecule has 0 aliphatic heterocycles. The molecule has 0 N–H and O–H groups in total. The molecule has 0 spiro atoms. The summed E-state index contributed by atoms with van der Waals surface area (Å²) < 4.78 is 40.0. The van der Waals surface area contributed by atoms with Crippen molar-refractivity contribution in [3.8, 4) is 0 Å². The van der Waals surface area contributed by atoms with Gasteiger partial charge in [-0.3, -0.25) is 0 Å². The summed E-state index contributed by atoms with van der Waals surface area (Å²) in [7, 11) is 0. The normalized spacial score (nSPS) is 11.6. The number of alkyl halides is 3. The van der Waals surface area contributed by atoms with E-state index in [1.807, 2.05) is 30.3 Å². The molecule has 4 heteroatoms. The highest BCUT2D eigenvalue weighted by atomic mass is 19.4. The lowest BCUT2D eigenvalue weighted by atomic mass is 10.2. The Balaban J connectivity index is 2.17. The van der Waals surface area contributed by atoms with Crippen molar-refractivity contribution in [2.45, 2.75) is 19.2 Å². The van der Waals surface area contributed by atoms with Crippen LogP contribution in [0.4, 0.5) is 13.2 Å². The van der Waals surface area contributed by atoms with Crippen molar-refractivity contribution in [1.82, 2.24) is 0 Å². The van der Waals surface area contributed by atoms with Gasteiger partial charge in [0.05, 0.1) is 19.6 Å². The van der Waals surface area contributed by atoms with Crippen molar-refractivity contribution in [2.75, 3.05) is 6.61 Å². The molecule has 0 heterocycles. The summed E-state index contributed by atoms with van der Waals surface area (Å²) in [5.74, 6) is 0. The topological polar surface area (TPSA) is 9.23 Å². The lowest BCUT2D eigenvalue weighted by Gasteiger charge is -2.06. The summed E-state index contributed by atoms with van der Waals surface area (Å²) in [6.45, 7) is -0.0463. The molecule has 0 aliphatic rings. The van der Waals surface area contributed by atoms with Crippen molar-refractivity contribution in [2.24, 2.45) is 0 Å². The van der Waals surface area contributed by atoms with Gasteiger partial charge in [-0.1, -0.05) is 30.3 Å². The third-order valence-corrected chi connectivity index (χ3v) is 1.64. The van der Waals surface area contributed by atoms with E-state index in [-0.39, 0.29) is 13.2 Å². The third kappa shape index (κ3) is 4.87. The van der Waals surface area contributed by atoms with E-state index in [9.17, 15) is 13.2 Å². The predicted octanol–water partition coefficient (Wildman–Crippen LogP) is 3.16. The molecule has 1 aromatic carbocycles. The van der Waals surface area contributed by atoms with E-state index in [1.165, 1.54) is 0 Å². The smallest absolute Gasteiger partial charge is 0.376 e. The minimum Gasteiger partial charge on any atom is -0.376 e. The van der Waals surface area contributed by atoms with Gasteiger partial charge in [0.2, 0.25) is 0 Å². The fraction of sp³-hybridized carbons (Fsp3) is 0.400. The highest BCUT2D eigenvalue weighted by molar-refractivity contribution is 5.13. The third-order valence-electron chi connectivity index (χ3n) is 1.64. The zero-order valence-electron chi connectivity index (χ0n) is 7.55. The van der Waals surface area contributed by atoms with Gasteiger partial charge < -0.3 is 4.74 Å². The monoisotopic (exact) mass is 204 g/mol. The molecule has 0 radical (unpaired) electrons. The standard InChI is InChI=1S/C10H11F3O/c11-10(12,13)6-7-14-8-9-4-2-1-3-5-9/h1-5H,6-8H2. The molecule has 0 aromatic heterocycles. The van der Waals surface area contributed by atoms with Gasteiger partial charge in [0.15, 0.2) is 0 Å². The molecule has 0 saturated heterocycles. The quantitative estimate of drug-likeness (QED) is 0.684. The number of rotatable bonds is 4. The molecule has 0 fully saturated rings. The van der Waals surface area contributed by atoms with E-state index >= 15 is 0 Å². The average Bonchev–Trinajstić information content (AvgIpc) is 2.13. The number of benzene rings is 1. The number of hydrogen-bond donors (Lipinski definition) is 0. The van der Waals surface area contributed by atoms with Gasteiger partial charge in [-0.2, -0.15) is 13.2 Å². The van der Waals surface area contributed by atoms with Gasteiger partial charge in [-0.05, 0) is 5.56 Å². The minimum absolute atomic E-state index is 0.233. The maximum absolute atomic E-state index is 11.7. The zero-order valence-corrected chi connectivity index (χ0v) is 7.55. The van der Waals surface area contributed by atoms with E-state index in [0.717, 1.165) is 5.56 Å². The maximum Gasteiger partial charge on any atom is 0.391 e. The largest absolute Gasteiger partial charge is 0.391 e. The lowest BCUT2D eigenvalue weighted by molar-refractivity contribution is -0.146. The van der Waals surface area contributed by atoms with Crippen LogP contribution in [0.25, 0.3) is 0 Å². The van der Waals surface area contributed by atoms with Crippen LogP contribution in [0.2, 0.25) is 0 Å². The second kappa shape index (κ2) is 5.00. The van der Waals surface area contributed by atoms with Crippen molar-refractivity contribution < 1.29 is 17.9 Å². The van der Waals surface area contributed by atoms with Gasteiger partial charge in [-0.15, -0.1) is 0 Å². The molecule has 1 nitrogen and oxygen atoms in total. The van der Waals surface area contributed by atoms with E-state index in [2.05, 4.69) is 0 Å². The molecular weight excluding hydrogens is 193 g/mol. The Hall–Kier alpha value is -1.03. The van der Waals surface area contributed by atoms with Gasteiger partial charge in [0.1, 0.15) is 0 Å². The SMILES string of the molecule is FC(F)(F)CCOCc1ccccc1. The Morgan fingerprint density at radius 2 is 1.71 bits per heavy atom. The van der Waals surface area contributed by atoms with E-state index < -0.39 is 12.6 Å². The molecule has 1 rings (SSSR count). The second-order valence-corrected chi connectivity index (χ2v) is 2.90. The zero-order chi connectivity index (χ0) is 10.4. The maximum atomic E-state index is 11.7. The average molecular weight is 204 g/mol. The Morgan fingerprint density at radius 1 is 1.07 bits per heavy atom. The van der Waals surface area contributed by atoms with Gasteiger partial charge in [-0.25, -0.2) is 0 Å². The summed E-state index contributed by atoms with van der Waals surface area (Å²) in [5.41, 5.74) is 0.884. The first-order valence-electron chi connectivity index (χ1n) is 4.26. The molecule has 1 aromatic rings. The summed E-state index contributed by atoms with van der Waals surface area (Å²) >= 11 is 0. The molecule has 0 bridgehead atoms.